The molecule has 0 aliphatic carbocycles. The second-order valence-corrected chi connectivity index (χ2v) is 15.1. The maximum Gasteiger partial charge on any atom is 0.319 e. The third kappa shape index (κ3) is 6.85. The Balaban J connectivity index is 1.40. The van der Waals surface area contributed by atoms with Gasteiger partial charge in [-0.3, -0.25) is 4.79 Å². The molecular weight excluding hydrogens is 630 g/mol. The Labute approximate surface area is 275 Å². The van der Waals surface area contributed by atoms with Crippen molar-refractivity contribution in [3.05, 3.63) is 58.7 Å². The van der Waals surface area contributed by atoms with Gasteiger partial charge < -0.3 is 30.1 Å². The van der Waals surface area contributed by atoms with E-state index in [9.17, 15) is 18.0 Å². The molecule has 5 rings (SSSR count). The number of likely N-dealkylation sites (tertiary alicyclic amines) is 1. The number of ether oxygens (including phenoxy) is 1. The Morgan fingerprint density at radius 3 is 2.41 bits per heavy atom. The van der Waals surface area contributed by atoms with E-state index in [4.69, 9.17) is 16.3 Å². The van der Waals surface area contributed by atoms with E-state index in [1.165, 1.54) is 6.20 Å². The van der Waals surface area contributed by atoms with E-state index in [1.54, 1.807) is 63.2 Å². The summed E-state index contributed by atoms with van der Waals surface area (Å²) in [7, 11) is -0.108. The van der Waals surface area contributed by atoms with Crippen LogP contribution in [0.1, 0.15) is 56.5 Å². The van der Waals surface area contributed by atoms with Crippen LogP contribution in [0.4, 0.5) is 27.9 Å². The van der Waals surface area contributed by atoms with Gasteiger partial charge in [-0.2, -0.15) is 4.98 Å². The predicted molar refractivity (Wildman–Crippen MR) is 178 cm³/mol. The molecule has 0 atom stereocenters. The van der Waals surface area contributed by atoms with Gasteiger partial charge in [-0.05, 0) is 70.4 Å². The number of sulfone groups is 1. The minimum absolute atomic E-state index is 0.0201. The fourth-order valence-electron chi connectivity index (χ4n) is 5.59. The van der Waals surface area contributed by atoms with Crippen molar-refractivity contribution >= 4 is 56.5 Å². The molecule has 3 aromatic rings. The van der Waals surface area contributed by atoms with Crippen molar-refractivity contribution in [1.29, 1.82) is 0 Å². The van der Waals surface area contributed by atoms with E-state index in [1.807, 2.05) is 29.7 Å². The summed E-state index contributed by atoms with van der Waals surface area (Å²) in [5.74, 6) is 0.842. The van der Waals surface area contributed by atoms with Crippen molar-refractivity contribution < 1.29 is 22.7 Å². The number of nitrogens with one attached hydrogen (secondary N) is 2. The SMILES string of the molecule is CC(C)Oc1cc2c(cc1Nc1ncc(Cl)c(Nc3ccccc3S(=O)(=O)C(C)C)n1)C(=O)N(C1CCN(C(=O)N(C)C)CC1)C2. The molecule has 246 valence electrons. The number of nitrogens with zero attached hydrogens (tertiary/aromatic N) is 5. The number of halogens is 1. The van der Waals surface area contributed by atoms with Crippen LogP contribution in [0.25, 0.3) is 0 Å². The average molecular weight is 670 g/mol. The summed E-state index contributed by atoms with van der Waals surface area (Å²) in [6, 6.07) is 10.2. The van der Waals surface area contributed by atoms with Crippen LogP contribution >= 0.6 is 11.6 Å². The normalized spacial score (nSPS) is 15.4. The van der Waals surface area contributed by atoms with Gasteiger partial charge in [-0.15, -0.1) is 0 Å². The number of fused-ring (bicyclic) bond motifs is 1. The molecule has 2 aliphatic rings. The summed E-state index contributed by atoms with van der Waals surface area (Å²) in [5.41, 5.74) is 2.27. The van der Waals surface area contributed by atoms with Crippen LogP contribution in [0, 0.1) is 0 Å². The highest BCUT2D eigenvalue weighted by molar-refractivity contribution is 7.92. The molecule has 3 amide bonds. The van der Waals surface area contributed by atoms with Gasteiger partial charge in [0.1, 0.15) is 10.8 Å². The van der Waals surface area contributed by atoms with E-state index in [0.717, 1.165) is 5.56 Å². The minimum atomic E-state index is -3.59. The Morgan fingerprint density at radius 1 is 1.07 bits per heavy atom. The summed E-state index contributed by atoms with van der Waals surface area (Å²) in [4.78, 5) is 40.4. The maximum absolute atomic E-state index is 13.7. The number of rotatable bonds is 9. The third-order valence-corrected chi connectivity index (χ3v) is 10.5. The highest BCUT2D eigenvalue weighted by Gasteiger charge is 2.36. The van der Waals surface area contributed by atoms with Crippen LogP contribution in [0.5, 0.6) is 5.75 Å². The molecule has 0 unspecified atom stereocenters. The first-order chi connectivity index (χ1) is 21.8. The topological polar surface area (TPSA) is 137 Å². The van der Waals surface area contributed by atoms with Gasteiger partial charge in [-0.25, -0.2) is 18.2 Å². The van der Waals surface area contributed by atoms with E-state index in [0.29, 0.717) is 55.2 Å². The third-order valence-electron chi connectivity index (χ3n) is 8.02. The van der Waals surface area contributed by atoms with Gasteiger partial charge in [0, 0.05) is 45.3 Å². The van der Waals surface area contributed by atoms with Crippen molar-refractivity contribution in [2.75, 3.05) is 37.8 Å². The first-order valence-corrected chi connectivity index (χ1v) is 17.2. The van der Waals surface area contributed by atoms with Gasteiger partial charge in [0.2, 0.25) is 5.95 Å². The van der Waals surface area contributed by atoms with Gasteiger partial charge in [-0.1, -0.05) is 23.7 Å². The molecule has 46 heavy (non-hydrogen) atoms. The summed E-state index contributed by atoms with van der Waals surface area (Å²) in [5, 5.41) is 5.82. The van der Waals surface area contributed by atoms with E-state index < -0.39 is 15.1 Å². The number of para-hydroxylation sites is 1. The molecular formula is C32H40ClN7O5S. The highest BCUT2D eigenvalue weighted by atomic mass is 35.5. The van der Waals surface area contributed by atoms with E-state index >= 15 is 0 Å². The summed E-state index contributed by atoms with van der Waals surface area (Å²) >= 11 is 6.44. The zero-order valence-corrected chi connectivity index (χ0v) is 28.4. The van der Waals surface area contributed by atoms with E-state index in [-0.39, 0.29) is 45.8 Å². The molecule has 2 aromatic carbocycles. The Kier molecular flexibility index (Phi) is 9.64. The second kappa shape index (κ2) is 13.3. The molecule has 0 radical (unpaired) electrons. The lowest BCUT2D eigenvalue weighted by Crippen LogP contribution is -2.49. The zero-order chi connectivity index (χ0) is 33.3. The average Bonchev–Trinajstić information content (AvgIpc) is 3.33. The van der Waals surface area contributed by atoms with Gasteiger partial charge in [0.05, 0.1) is 33.8 Å². The number of hydrogen-bond donors (Lipinski definition) is 2. The lowest BCUT2D eigenvalue weighted by molar-refractivity contribution is 0.0612. The summed E-state index contributed by atoms with van der Waals surface area (Å²) in [6.07, 6.45) is 2.68. The Hall–Kier alpha value is -4.10. The first-order valence-electron chi connectivity index (χ1n) is 15.3. The van der Waals surface area contributed by atoms with E-state index in [2.05, 4.69) is 20.6 Å². The number of urea groups is 1. The molecule has 2 aliphatic heterocycles. The Bertz CT molecular complexity index is 1740. The van der Waals surface area contributed by atoms with Crippen molar-refractivity contribution in [2.45, 2.75) is 69.4 Å². The first kappa shape index (κ1) is 33.3. The molecule has 0 spiro atoms. The number of hydrogen-bond acceptors (Lipinski definition) is 9. The highest BCUT2D eigenvalue weighted by Crippen LogP contribution is 2.38. The van der Waals surface area contributed by atoms with Gasteiger partial charge >= 0.3 is 6.03 Å². The molecule has 0 saturated carbocycles. The molecule has 1 aromatic heterocycles. The number of anilines is 4. The monoisotopic (exact) mass is 669 g/mol. The summed E-state index contributed by atoms with van der Waals surface area (Å²) < 4.78 is 32.1. The van der Waals surface area contributed by atoms with Crippen LogP contribution in [-0.2, 0) is 16.4 Å². The van der Waals surface area contributed by atoms with Gasteiger partial charge in [0.25, 0.3) is 5.91 Å². The van der Waals surface area contributed by atoms with Crippen LogP contribution in [0.3, 0.4) is 0 Å². The molecule has 1 fully saturated rings. The second-order valence-electron chi connectivity index (χ2n) is 12.2. The van der Waals surface area contributed by atoms with Crippen LogP contribution in [0.15, 0.2) is 47.5 Å². The molecule has 14 heteroatoms. The number of amides is 3. The quantitative estimate of drug-likeness (QED) is 0.294. The van der Waals surface area contributed by atoms with Crippen molar-refractivity contribution in [3.63, 3.8) is 0 Å². The summed E-state index contributed by atoms with van der Waals surface area (Å²) in [6.45, 7) is 8.73. The Morgan fingerprint density at radius 2 is 1.76 bits per heavy atom. The molecule has 12 nitrogen and oxygen atoms in total. The fraction of sp³-hybridized carbons (Fsp3) is 0.438. The lowest BCUT2D eigenvalue weighted by Gasteiger charge is -2.37. The fourth-order valence-corrected chi connectivity index (χ4v) is 6.93. The maximum atomic E-state index is 13.7. The predicted octanol–water partition coefficient (Wildman–Crippen LogP) is 5.69. The van der Waals surface area contributed by atoms with Crippen LogP contribution < -0.4 is 15.4 Å². The number of piperidine rings is 1. The lowest BCUT2D eigenvalue weighted by atomic mass is 10.0. The van der Waals surface area contributed by atoms with Crippen LogP contribution in [-0.4, -0.2) is 89.6 Å². The van der Waals surface area contributed by atoms with Crippen molar-refractivity contribution in [3.8, 4) is 5.75 Å². The zero-order valence-electron chi connectivity index (χ0n) is 26.9. The standard InChI is InChI=1S/C32H40ClN7O5S/c1-19(2)45-27-15-21-18-40(22-11-13-39(14-12-22)32(42)38(5)6)30(41)23(21)16-26(27)36-31-34-17-24(33)29(37-31)35-25-9-7-8-10-28(25)46(43,44)20(3)4/h7-10,15-17,19-20,22H,11-14,18H2,1-6H3,(H2,34,35,36,37). The molecule has 1 saturated heterocycles. The smallest absolute Gasteiger partial charge is 0.319 e. The van der Waals surface area contributed by atoms with Crippen LogP contribution in [0.2, 0.25) is 5.02 Å². The number of aromatic nitrogens is 2. The van der Waals surface area contributed by atoms with Gasteiger partial charge in [0.15, 0.2) is 15.7 Å². The molecule has 2 N–H and O–H groups in total. The number of benzene rings is 2. The molecule has 3 heterocycles. The molecule has 0 bridgehead atoms. The minimum Gasteiger partial charge on any atom is -0.489 e. The number of carbonyl (C=O) groups is 2. The largest absolute Gasteiger partial charge is 0.489 e. The number of carbonyl (C=O) groups excluding carboxylic acids is 2. The van der Waals surface area contributed by atoms with Crippen molar-refractivity contribution in [1.82, 2.24) is 24.7 Å². The van der Waals surface area contributed by atoms with Crippen molar-refractivity contribution in [2.24, 2.45) is 0 Å².